The van der Waals surface area contributed by atoms with Crippen molar-refractivity contribution in [3.05, 3.63) is 24.3 Å². The van der Waals surface area contributed by atoms with Crippen molar-refractivity contribution in [2.45, 2.75) is 12.8 Å². The Morgan fingerprint density at radius 3 is 2.89 bits per heavy atom. The fraction of sp³-hybridized carbons (Fsp3) is 0.462. The van der Waals surface area contributed by atoms with Crippen molar-refractivity contribution in [2.24, 2.45) is 5.92 Å². The maximum Gasteiger partial charge on any atom is 0.228 e. The number of amides is 1. The van der Waals surface area contributed by atoms with E-state index in [0.717, 1.165) is 0 Å². The summed E-state index contributed by atoms with van der Waals surface area (Å²) in [6.07, 6.45) is 1.17. The number of ether oxygens (including phenoxy) is 1. The maximum absolute atomic E-state index is 12.0. The van der Waals surface area contributed by atoms with Crippen LogP contribution in [-0.2, 0) is 14.6 Å². The van der Waals surface area contributed by atoms with Gasteiger partial charge < -0.3 is 10.1 Å². The van der Waals surface area contributed by atoms with Crippen molar-refractivity contribution in [3.63, 3.8) is 0 Å². The molecule has 0 aliphatic carbocycles. The van der Waals surface area contributed by atoms with Crippen LogP contribution in [0.4, 0.5) is 5.69 Å². The minimum Gasteiger partial charge on any atom is -0.497 e. The van der Waals surface area contributed by atoms with Gasteiger partial charge in [0, 0.05) is 11.8 Å². The molecule has 1 unspecified atom stereocenters. The van der Waals surface area contributed by atoms with Gasteiger partial charge in [-0.2, -0.15) is 0 Å². The van der Waals surface area contributed by atoms with Crippen molar-refractivity contribution in [2.75, 3.05) is 23.9 Å². The molecule has 1 heterocycles. The molecule has 0 aromatic heterocycles. The summed E-state index contributed by atoms with van der Waals surface area (Å²) in [6.45, 7) is 0. The first-order valence-corrected chi connectivity index (χ1v) is 7.98. The van der Waals surface area contributed by atoms with Crippen molar-refractivity contribution in [1.82, 2.24) is 0 Å². The predicted octanol–water partition coefficient (Wildman–Crippen LogP) is 1.46. The number of sulfone groups is 1. The molecule has 0 saturated carbocycles. The summed E-state index contributed by atoms with van der Waals surface area (Å²) in [5.41, 5.74) is 0.618. The van der Waals surface area contributed by atoms with E-state index in [4.69, 9.17) is 4.74 Å². The smallest absolute Gasteiger partial charge is 0.228 e. The molecule has 1 fully saturated rings. The fourth-order valence-corrected chi connectivity index (χ4v) is 3.88. The molecule has 1 aromatic carbocycles. The summed E-state index contributed by atoms with van der Waals surface area (Å²) >= 11 is 0. The molecule has 1 saturated heterocycles. The normalized spacial score (nSPS) is 21.6. The van der Waals surface area contributed by atoms with Crippen molar-refractivity contribution in [3.8, 4) is 5.75 Å². The molecule has 1 N–H and O–H groups in total. The number of anilines is 1. The van der Waals surface area contributed by atoms with Crippen LogP contribution in [0.1, 0.15) is 12.8 Å². The Kier molecular flexibility index (Phi) is 4.09. The van der Waals surface area contributed by atoms with E-state index in [0.29, 0.717) is 24.3 Å². The standard InChI is InChI=1S/C13H17NO4S/c1-18-12-6-2-5-11(8-12)14-13(15)10-4-3-7-19(16,17)9-10/h2,5-6,8,10H,3-4,7,9H2,1H3,(H,14,15). The van der Waals surface area contributed by atoms with Crippen molar-refractivity contribution < 1.29 is 17.9 Å². The number of rotatable bonds is 3. The molecule has 0 radical (unpaired) electrons. The van der Waals surface area contributed by atoms with E-state index in [-0.39, 0.29) is 17.4 Å². The zero-order valence-corrected chi connectivity index (χ0v) is 11.6. The van der Waals surface area contributed by atoms with Crippen LogP contribution in [0.25, 0.3) is 0 Å². The first-order valence-electron chi connectivity index (χ1n) is 6.15. The first kappa shape index (κ1) is 13.9. The summed E-state index contributed by atoms with van der Waals surface area (Å²) < 4.78 is 28.1. The molecule has 1 amide bonds. The molecule has 104 valence electrons. The van der Waals surface area contributed by atoms with Crippen LogP contribution in [0.3, 0.4) is 0 Å². The Balaban J connectivity index is 2.04. The second kappa shape index (κ2) is 5.61. The van der Waals surface area contributed by atoms with Gasteiger partial charge in [0.2, 0.25) is 5.91 Å². The average molecular weight is 283 g/mol. The number of carbonyl (C=O) groups excluding carboxylic acids is 1. The second-order valence-electron chi connectivity index (χ2n) is 4.67. The minimum absolute atomic E-state index is 0.0528. The Hall–Kier alpha value is -1.56. The molecule has 5 nitrogen and oxygen atoms in total. The number of carbonyl (C=O) groups is 1. The predicted molar refractivity (Wildman–Crippen MR) is 73.0 cm³/mol. The zero-order valence-electron chi connectivity index (χ0n) is 10.8. The number of hydrogen-bond donors (Lipinski definition) is 1. The van der Waals surface area contributed by atoms with Crippen LogP contribution in [0.2, 0.25) is 0 Å². The summed E-state index contributed by atoms with van der Waals surface area (Å²) in [6, 6.07) is 7.00. The van der Waals surface area contributed by atoms with Gasteiger partial charge in [-0.25, -0.2) is 8.42 Å². The second-order valence-corrected chi connectivity index (χ2v) is 6.90. The van der Waals surface area contributed by atoms with Crippen LogP contribution in [0, 0.1) is 5.92 Å². The van der Waals surface area contributed by atoms with Crippen LogP contribution in [-0.4, -0.2) is 32.9 Å². The Labute approximate surface area is 112 Å². The van der Waals surface area contributed by atoms with Crippen molar-refractivity contribution in [1.29, 1.82) is 0 Å². The van der Waals surface area contributed by atoms with Crippen LogP contribution in [0.15, 0.2) is 24.3 Å². The fourth-order valence-electron chi connectivity index (χ4n) is 2.17. The van der Waals surface area contributed by atoms with Gasteiger partial charge in [-0.1, -0.05) is 6.07 Å². The molecular weight excluding hydrogens is 266 g/mol. The van der Waals surface area contributed by atoms with Gasteiger partial charge in [0.25, 0.3) is 0 Å². The highest BCUT2D eigenvalue weighted by Crippen LogP contribution is 2.22. The largest absolute Gasteiger partial charge is 0.497 e. The SMILES string of the molecule is COc1cccc(NC(=O)C2CCCS(=O)(=O)C2)c1. The molecule has 1 aliphatic rings. The first-order chi connectivity index (χ1) is 9.00. The van der Waals surface area contributed by atoms with E-state index in [2.05, 4.69) is 5.32 Å². The summed E-state index contributed by atoms with van der Waals surface area (Å²) in [4.78, 5) is 12.0. The molecule has 0 bridgehead atoms. The van der Waals surface area contributed by atoms with Crippen LogP contribution < -0.4 is 10.1 Å². The monoisotopic (exact) mass is 283 g/mol. The van der Waals surface area contributed by atoms with E-state index in [1.54, 1.807) is 31.4 Å². The van der Waals surface area contributed by atoms with Gasteiger partial charge in [-0.3, -0.25) is 4.79 Å². The quantitative estimate of drug-likeness (QED) is 0.911. The molecule has 19 heavy (non-hydrogen) atoms. The third kappa shape index (κ3) is 3.70. The van der Waals surface area contributed by atoms with Gasteiger partial charge in [0.15, 0.2) is 9.84 Å². The highest BCUT2D eigenvalue weighted by atomic mass is 32.2. The molecule has 2 rings (SSSR count). The van der Waals surface area contributed by atoms with Gasteiger partial charge in [-0.15, -0.1) is 0 Å². The molecule has 1 aromatic rings. The lowest BCUT2D eigenvalue weighted by atomic mass is 10.0. The molecule has 6 heteroatoms. The number of nitrogens with one attached hydrogen (secondary N) is 1. The van der Waals surface area contributed by atoms with Gasteiger partial charge >= 0.3 is 0 Å². The number of hydrogen-bond acceptors (Lipinski definition) is 4. The average Bonchev–Trinajstić information content (AvgIpc) is 2.37. The number of methoxy groups -OCH3 is 1. The van der Waals surface area contributed by atoms with E-state index < -0.39 is 15.8 Å². The minimum atomic E-state index is -3.07. The lowest BCUT2D eigenvalue weighted by Gasteiger charge is -2.21. The maximum atomic E-state index is 12.0. The molecular formula is C13H17NO4S. The zero-order chi connectivity index (χ0) is 13.9. The van der Waals surface area contributed by atoms with Crippen molar-refractivity contribution >= 4 is 21.4 Å². The van der Waals surface area contributed by atoms with Crippen LogP contribution >= 0.6 is 0 Å². The van der Waals surface area contributed by atoms with Crippen LogP contribution in [0.5, 0.6) is 5.75 Å². The Bertz CT molecular complexity index is 568. The summed E-state index contributed by atoms with van der Waals surface area (Å²) in [7, 11) is -1.52. The topological polar surface area (TPSA) is 72.5 Å². The third-order valence-corrected chi connectivity index (χ3v) is 4.99. The molecule has 1 atom stereocenters. The highest BCUT2D eigenvalue weighted by Gasteiger charge is 2.29. The Morgan fingerprint density at radius 1 is 1.42 bits per heavy atom. The van der Waals surface area contributed by atoms with Gasteiger partial charge in [0.05, 0.1) is 24.5 Å². The summed E-state index contributed by atoms with van der Waals surface area (Å²) in [5, 5.41) is 2.74. The lowest BCUT2D eigenvalue weighted by molar-refractivity contribution is -0.119. The summed E-state index contributed by atoms with van der Waals surface area (Å²) in [5.74, 6) is 0.0918. The van der Waals surface area contributed by atoms with E-state index >= 15 is 0 Å². The Morgan fingerprint density at radius 2 is 2.21 bits per heavy atom. The van der Waals surface area contributed by atoms with E-state index in [1.807, 2.05) is 0 Å². The van der Waals surface area contributed by atoms with Gasteiger partial charge in [0.1, 0.15) is 5.75 Å². The lowest BCUT2D eigenvalue weighted by Crippen LogP contribution is -2.34. The van der Waals surface area contributed by atoms with E-state index in [9.17, 15) is 13.2 Å². The van der Waals surface area contributed by atoms with Gasteiger partial charge in [-0.05, 0) is 25.0 Å². The van der Waals surface area contributed by atoms with E-state index in [1.165, 1.54) is 0 Å². The molecule has 0 spiro atoms. The molecule has 1 aliphatic heterocycles. The number of benzene rings is 1. The highest BCUT2D eigenvalue weighted by molar-refractivity contribution is 7.91. The third-order valence-electron chi connectivity index (χ3n) is 3.17.